The van der Waals surface area contributed by atoms with E-state index in [-0.39, 0.29) is 23.7 Å². The number of carbonyl (C=O) groups excluding carboxylic acids is 1. The first-order chi connectivity index (χ1) is 11.8. The van der Waals surface area contributed by atoms with Crippen LogP contribution in [0.3, 0.4) is 0 Å². The van der Waals surface area contributed by atoms with Crippen molar-refractivity contribution in [3.8, 4) is 5.69 Å². The maximum Gasteiger partial charge on any atom is 0.228 e. The molecule has 1 aliphatic heterocycles. The first-order valence-electron chi connectivity index (χ1n) is 8.86. The molecule has 1 saturated heterocycles. The standard InChI is InChI=1S/C19H24N4O.ClH/c24-18(19-9-2-1-4-16(19)13-20-14-19)21-12-15-5-7-17(8-6-15)23-11-3-10-22-23;/h3,5-8,10-11,16,20H,1-2,4,9,12-14H2,(H,21,24);1H/t16-,19+;/m0./s1. The lowest BCUT2D eigenvalue weighted by molar-refractivity contribution is -0.134. The summed E-state index contributed by atoms with van der Waals surface area (Å²) >= 11 is 0. The molecule has 4 rings (SSSR count). The van der Waals surface area contributed by atoms with E-state index in [1.165, 1.54) is 19.3 Å². The van der Waals surface area contributed by atoms with Crippen LogP contribution in [0.2, 0.25) is 0 Å². The fourth-order valence-electron chi connectivity index (χ4n) is 4.24. The summed E-state index contributed by atoms with van der Waals surface area (Å²) < 4.78 is 1.83. The predicted octanol–water partition coefficient (Wildman–Crippen LogP) is 2.69. The molecule has 0 unspecified atom stereocenters. The summed E-state index contributed by atoms with van der Waals surface area (Å²) in [4.78, 5) is 12.9. The number of amides is 1. The lowest BCUT2D eigenvalue weighted by Gasteiger charge is -2.37. The van der Waals surface area contributed by atoms with Gasteiger partial charge in [-0.15, -0.1) is 12.4 Å². The van der Waals surface area contributed by atoms with Crippen molar-refractivity contribution in [1.29, 1.82) is 0 Å². The molecular formula is C19H25ClN4O. The third kappa shape index (κ3) is 3.44. The fourth-order valence-corrected chi connectivity index (χ4v) is 4.24. The second-order valence-corrected chi connectivity index (χ2v) is 7.03. The summed E-state index contributed by atoms with van der Waals surface area (Å²) in [5, 5.41) is 10.8. The first-order valence-corrected chi connectivity index (χ1v) is 8.86. The number of hydrogen-bond acceptors (Lipinski definition) is 3. The first kappa shape index (κ1) is 18.0. The van der Waals surface area contributed by atoms with Crippen molar-refractivity contribution in [3.05, 3.63) is 48.3 Å². The molecule has 2 N–H and O–H groups in total. The van der Waals surface area contributed by atoms with Gasteiger partial charge in [0.05, 0.1) is 11.1 Å². The van der Waals surface area contributed by atoms with E-state index in [9.17, 15) is 4.79 Å². The van der Waals surface area contributed by atoms with Gasteiger partial charge in [0, 0.05) is 25.5 Å². The molecule has 0 spiro atoms. The molecule has 2 aliphatic rings. The minimum atomic E-state index is -0.173. The van der Waals surface area contributed by atoms with Crippen LogP contribution in [-0.2, 0) is 11.3 Å². The largest absolute Gasteiger partial charge is 0.351 e. The molecule has 6 heteroatoms. The Hall–Kier alpha value is -1.85. The fraction of sp³-hybridized carbons (Fsp3) is 0.474. The molecule has 0 radical (unpaired) electrons. The van der Waals surface area contributed by atoms with E-state index >= 15 is 0 Å². The maximum absolute atomic E-state index is 12.9. The summed E-state index contributed by atoms with van der Waals surface area (Å²) in [6, 6.07) is 10.1. The van der Waals surface area contributed by atoms with Gasteiger partial charge >= 0.3 is 0 Å². The second-order valence-electron chi connectivity index (χ2n) is 7.03. The minimum Gasteiger partial charge on any atom is -0.351 e. The van der Waals surface area contributed by atoms with Gasteiger partial charge in [0.1, 0.15) is 0 Å². The Labute approximate surface area is 154 Å². The van der Waals surface area contributed by atoms with Gasteiger partial charge in [-0.05, 0) is 49.1 Å². The number of carbonyl (C=O) groups is 1. The van der Waals surface area contributed by atoms with Crippen LogP contribution in [0.15, 0.2) is 42.7 Å². The molecule has 1 aliphatic carbocycles. The number of hydrogen-bond donors (Lipinski definition) is 2. The molecule has 1 saturated carbocycles. The number of fused-ring (bicyclic) bond motifs is 1. The topological polar surface area (TPSA) is 59.0 Å². The van der Waals surface area contributed by atoms with Gasteiger partial charge in [-0.3, -0.25) is 4.79 Å². The average molecular weight is 361 g/mol. The number of nitrogens with zero attached hydrogens (tertiary/aromatic N) is 2. The van der Waals surface area contributed by atoms with E-state index in [1.54, 1.807) is 6.20 Å². The molecule has 2 aromatic rings. The van der Waals surface area contributed by atoms with Crippen molar-refractivity contribution in [2.24, 2.45) is 11.3 Å². The van der Waals surface area contributed by atoms with Gasteiger partial charge in [0.15, 0.2) is 0 Å². The summed E-state index contributed by atoms with van der Waals surface area (Å²) in [6.07, 6.45) is 8.32. The van der Waals surface area contributed by atoms with E-state index in [0.29, 0.717) is 12.5 Å². The van der Waals surface area contributed by atoms with Crippen molar-refractivity contribution < 1.29 is 4.79 Å². The summed E-state index contributed by atoms with van der Waals surface area (Å²) in [7, 11) is 0. The molecule has 2 fully saturated rings. The molecule has 1 aromatic carbocycles. The monoisotopic (exact) mass is 360 g/mol. The van der Waals surface area contributed by atoms with E-state index in [1.807, 2.05) is 29.1 Å². The highest BCUT2D eigenvalue weighted by atomic mass is 35.5. The zero-order chi connectivity index (χ0) is 16.4. The van der Waals surface area contributed by atoms with Gasteiger partial charge in [0.2, 0.25) is 5.91 Å². The minimum absolute atomic E-state index is 0. The molecule has 1 amide bonds. The van der Waals surface area contributed by atoms with Gasteiger partial charge in [0.25, 0.3) is 0 Å². The average Bonchev–Trinajstić information content (AvgIpc) is 3.30. The summed E-state index contributed by atoms with van der Waals surface area (Å²) in [5.74, 6) is 0.738. The Kier molecular flexibility index (Phi) is 5.45. The Morgan fingerprint density at radius 3 is 2.92 bits per heavy atom. The van der Waals surface area contributed by atoms with Crippen LogP contribution in [0.25, 0.3) is 5.69 Å². The van der Waals surface area contributed by atoms with Crippen LogP contribution in [0.1, 0.15) is 31.2 Å². The lowest BCUT2D eigenvalue weighted by Crippen LogP contribution is -2.47. The van der Waals surface area contributed by atoms with Crippen LogP contribution in [0.5, 0.6) is 0 Å². The van der Waals surface area contributed by atoms with Crippen molar-refractivity contribution >= 4 is 18.3 Å². The van der Waals surface area contributed by atoms with Crippen molar-refractivity contribution in [2.45, 2.75) is 32.2 Å². The summed E-state index contributed by atoms with van der Waals surface area (Å²) in [5.41, 5.74) is 1.97. The zero-order valence-corrected chi connectivity index (χ0v) is 15.1. The number of aromatic nitrogens is 2. The Balaban J connectivity index is 0.00000182. The normalized spacial score (nSPS) is 25.0. The third-order valence-electron chi connectivity index (χ3n) is 5.65. The lowest BCUT2D eigenvalue weighted by atomic mass is 9.67. The molecule has 0 bridgehead atoms. The van der Waals surface area contributed by atoms with E-state index in [4.69, 9.17) is 0 Å². The second kappa shape index (κ2) is 7.58. The molecule has 5 nitrogen and oxygen atoms in total. The van der Waals surface area contributed by atoms with E-state index in [0.717, 1.165) is 30.8 Å². The van der Waals surface area contributed by atoms with Gasteiger partial charge in [-0.25, -0.2) is 4.68 Å². The van der Waals surface area contributed by atoms with Crippen LogP contribution in [0, 0.1) is 11.3 Å². The van der Waals surface area contributed by atoms with Crippen molar-refractivity contribution in [3.63, 3.8) is 0 Å². The van der Waals surface area contributed by atoms with Gasteiger partial charge in [-0.2, -0.15) is 5.10 Å². The molecule has 2 heterocycles. The zero-order valence-electron chi connectivity index (χ0n) is 14.3. The molecule has 134 valence electrons. The third-order valence-corrected chi connectivity index (χ3v) is 5.65. The molecule has 2 atom stereocenters. The Morgan fingerprint density at radius 2 is 2.16 bits per heavy atom. The molecule has 25 heavy (non-hydrogen) atoms. The number of benzene rings is 1. The maximum atomic E-state index is 12.9. The highest BCUT2D eigenvalue weighted by Gasteiger charge is 2.49. The van der Waals surface area contributed by atoms with Crippen molar-refractivity contribution in [2.75, 3.05) is 13.1 Å². The Bertz CT molecular complexity index is 701. The van der Waals surface area contributed by atoms with Crippen LogP contribution in [-0.4, -0.2) is 28.8 Å². The van der Waals surface area contributed by atoms with Crippen LogP contribution in [0.4, 0.5) is 0 Å². The quantitative estimate of drug-likeness (QED) is 0.881. The number of rotatable bonds is 4. The Morgan fingerprint density at radius 1 is 1.32 bits per heavy atom. The summed E-state index contributed by atoms with van der Waals surface area (Å²) in [6.45, 7) is 2.42. The SMILES string of the molecule is Cl.O=C(NCc1ccc(-n2cccn2)cc1)[C@@]12CCCC[C@H]1CNC2. The van der Waals surface area contributed by atoms with E-state index in [2.05, 4.69) is 27.9 Å². The van der Waals surface area contributed by atoms with Gasteiger partial charge < -0.3 is 10.6 Å². The van der Waals surface area contributed by atoms with Crippen LogP contribution >= 0.6 is 12.4 Å². The van der Waals surface area contributed by atoms with Crippen molar-refractivity contribution in [1.82, 2.24) is 20.4 Å². The van der Waals surface area contributed by atoms with Gasteiger partial charge in [-0.1, -0.05) is 25.0 Å². The smallest absolute Gasteiger partial charge is 0.228 e. The predicted molar refractivity (Wildman–Crippen MR) is 99.9 cm³/mol. The highest BCUT2D eigenvalue weighted by Crippen LogP contribution is 2.43. The highest BCUT2D eigenvalue weighted by molar-refractivity contribution is 5.85. The number of halogens is 1. The molecule has 1 aromatic heterocycles. The molecular weight excluding hydrogens is 336 g/mol. The number of nitrogens with one attached hydrogen (secondary N) is 2. The van der Waals surface area contributed by atoms with E-state index < -0.39 is 0 Å². The van der Waals surface area contributed by atoms with Crippen LogP contribution < -0.4 is 10.6 Å².